The zero-order chi connectivity index (χ0) is 24.4. The molecule has 0 aliphatic rings. The molecule has 5 nitrogen and oxygen atoms in total. The van der Waals surface area contributed by atoms with Crippen molar-refractivity contribution in [3.63, 3.8) is 0 Å². The zero-order valence-corrected chi connectivity index (χ0v) is 21.6. The first-order valence-electron chi connectivity index (χ1n) is 13.0. The van der Waals surface area contributed by atoms with Crippen LogP contribution in [0.5, 0.6) is 0 Å². The van der Waals surface area contributed by atoms with Gasteiger partial charge < -0.3 is 15.6 Å². The van der Waals surface area contributed by atoms with E-state index in [-0.39, 0.29) is 11.8 Å². The van der Waals surface area contributed by atoms with Crippen LogP contribution in [-0.2, 0) is 9.59 Å². The molecule has 0 radical (unpaired) electrons. The van der Waals surface area contributed by atoms with Gasteiger partial charge in [-0.3, -0.25) is 9.59 Å². The van der Waals surface area contributed by atoms with E-state index in [4.69, 9.17) is 0 Å². The minimum Gasteiger partial charge on any atom is -0.358 e. The predicted molar refractivity (Wildman–Crippen MR) is 147 cm³/mol. The number of unbranched alkanes of at least 4 members (excludes halogenated alkanes) is 9. The maximum Gasteiger partial charge on any atom is 0.238 e. The number of allylic oxidation sites excluding steroid dienone is 2. The highest BCUT2D eigenvalue weighted by Crippen LogP contribution is 2.22. The lowest BCUT2D eigenvalue weighted by molar-refractivity contribution is -0.117. The van der Waals surface area contributed by atoms with E-state index in [0.29, 0.717) is 18.8 Å². The lowest BCUT2D eigenvalue weighted by Gasteiger charge is -2.22. The van der Waals surface area contributed by atoms with Gasteiger partial charge in [-0.05, 0) is 50.2 Å². The van der Waals surface area contributed by atoms with Crippen LogP contribution < -0.4 is 10.6 Å². The van der Waals surface area contributed by atoms with Crippen LogP contribution in [0.1, 0.15) is 84.0 Å². The fourth-order valence-electron chi connectivity index (χ4n) is 4.26. The Morgan fingerprint density at radius 3 is 2.38 bits per heavy atom. The van der Waals surface area contributed by atoms with E-state index < -0.39 is 5.25 Å². The van der Waals surface area contributed by atoms with Crippen LogP contribution in [0.3, 0.4) is 0 Å². The Hall–Kier alpha value is -2.21. The summed E-state index contributed by atoms with van der Waals surface area (Å²) in [5, 5.41) is 6.24. The number of carbonyl (C=O) groups is 2. The van der Waals surface area contributed by atoms with Crippen molar-refractivity contribution < 1.29 is 9.59 Å². The summed E-state index contributed by atoms with van der Waals surface area (Å²) in [6.07, 6.45) is 19.8. The molecule has 0 fully saturated rings. The molecule has 188 valence electrons. The number of carbonyl (C=O) groups excluding carboxylic acids is 2. The highest BCUT2D eigenvalue weighted by Gasteiger charge is 2.25. The first kappa shape index (κ1) is 28.0. The van der Waals surface area contributed by atoms with Gasteiger partial charge in [0.1, 0.15) is 5.82 Å². The number of aromatic amines is 1. The second kappa shape index (κ2) is 17.3. The Morgan fingerprint density at radius 2 is 1.68 bits per heavy atom. The van der Waals surface area contributed by atoms with Crippen molar-refractivity contribution in [2.75, 3.05) is 11.9 Å². The van der Waals surface area contributed by atoms with Crippen molar-refractivity contribution in [3.8, 4) is 0 Å². The molecule has 3 N–H and O–H groups in total. The van der Waals surface area contributed by atoms with Gasteiger partial charge in [0.05, 0.1) is 5.25 Å². The van der Waals surface area contributed by atoms with Crippen LogP contribution in [-0.4, -0.2) is 29.1 Å². The van der Waals surface area contributed by atoms with Gasteiger partial charge in [-0.25, -0.2) is 0 Å². The molecule has 2 unspecified atom stereocenters. The number of para-hydroxylation sites is 1. The third-order valence-electron chi connectivity index (χ3n) is 6.30. The first-order chi connectivity index (χ1) is 16.7. The fraction of sp³-hybridized carbons (Fsp3) is 0.571. The zero-order valence-electron chi connectivity index (χ0n) is 20.7. The molecule has 34 heavy (non-hydrogen) atoms. The van der Waals surface area contributed by atoms with Crippen LogP contribution in [0.4, 0.5) is 5.82 Å². The van der Waals surface area contributed by atoms with E-state index in [1.807, 2.05) is 30.3 Å². The maximum absolute atomic E-state index is 12.8. The smallest absolute Gasteiger partial charge is 0.238 e. The molecule has 1 aromatic heterocycles. The van der Waals surface area contributed by atoms with Gasteiger partial charge in [0.2, 0.25) is 12.3 Å². The first-order valence-corrected chi connectivity index (χ1v) is 13.6. The van der Waals surface area contributed by atoms with Crippen LogP contribution in [0.2, 0.25) is 0 Å². The van der Waals surface area contributed by atoms with E-state index in [0.717, 1.165) is 43.0 Å². The number of amides is 2. The SMILES string of the molecule is CCCCCCCCC=CCCCCCC(CNC=O)C(S)C(=O)Nc1cc2ccccc2[nH]1. The summed E-state index contributed by atoms with van der Waals surface area (Å²) >= 11 is 4.61. The van der Waals surface area contributed by atoms with Gasteiger partial charge >= 0.3 is 0 Å². The van der Waals surface area contributed by atoms with Crippen molar-refractivity contribution >= 4 is 41.7 Å². The Labute approximate surface area is 211 Å². The van der Waals surface area contributed by atoms with Gasteiger partial charge in [0, 0.05) is 17.4 Å². The monoisotopic (exact) mass is 485 g/mol. The van der Waals surface area contributed by atoms with Gasteiger partial charge in [-0.1, -0.05) is 82.2 Å². The summed E-state index contributed by atoms with van der Waals surface area (Å²) < 4.78 is 0. The Bertz CT molecular complexity index is 831. The number of hydrogen-bond donors (Lipinski definition) is 4. The number of H-pyrrole nitrogens is 1. The molecular weight excluding hydrogens is 442 g/mol. The minimum absolute atomic E-state index is 0.0128. The molecule has 2 aromatic rings. The number of benzene rings is 1. The van der Waals surface area contributed by atoms with Crippen LogP contribution in [0.15, 0.2) is 42.5 Å². The summed E-state index contributed by atoms with van der Waals surface area (Å²) in [6.45, 7) is 2.71. The Kier molecular flexibility index (Phi) is 14.2. The van der Waals surface area contributed by atoms with Gasteiger partial charge in [0.15, 0.2) is 0 Å². The molecule has 2 atom stereocenters. The third-order valence-corrected chi connectivity index (χ3v) is 6.96. The number of anilines is 1. The van der Waals surface area contributed by atoms with Crippen molar-refractivity contribution in [2.45, 2.75) is 89.2 Å². The largest absolute Gasteiger partial charge is 0.358 e. The second-order valence-corrected chi connectivity index (χ2v) is 9.71. The van der Waals surface area contributed by atoms with E-state index in [2.05, 4.69) is 47.3 Å². The molecular formula is C28H43N3O2S. The van der Waals surface area contributed by atoms with Crippen LogP contribution in [0.25, 0.3) is 10.9 Å². The standard InChI is InChI=1S/C28H43N3O2S/c1-2-3-4-5-6-7-8-9-10-11-12-13-14-18-24(21-29-22-32)27(34)28(33)31-26-20-23-17-15-16-19-25(23)30-26/h9-10,15-17,19-20,22,24,27,30,34H,2-8,11-14,18,21H2,1H3,(H,29,32)(H,31,33). The number of fused-ring (bicyclic) bond motifs is 1. The molecule has 0 saturated carbocycles. The van der Waals surface area contributed by atoms with Crippen molar-refractivity contribution in [3.05, 3.63) is 42.5 Å². The lowest BCUT2D eigenvalue weighted by Crippen LogP contribution is -2.36. The average Bonchev–Trinajstić information content (AvgIpc) is 3.25. The van der Waals surface area contributed by atoms with E-state index in [1.165, 1.54) is 44.9 Å². The molecule has 2 amide bonds. The number of hydrogen-bond acceptors (Lipinski definition) is 3. The molecule has 0 aliphatic carbocycles. The summed E-state index contributed by atoms with van der Waals surface area (Å²) in [7, 11) is 0. The summed E-state index contributed by atoms with van der Waals surface area (Å²) in [4.78, 5) is 26.8. The second-order valence-electron chi connectivity index (χ2n) is 9.16. The van der Waals surface area contributed by atoms with Gasteiger partial charge in [-0.15, -0.1) is 0 Å². The number of rotatable bonds is 19. The van der Waals surface area contributed by atoms with Crippen molar-refractivity contribution in [2.24, 2.45) is 5.92 Å². The Balaban J connectivity index is 1.66. The number of nitrogens with one attached hydrogen (secondary N) is 3. The molecule has 0 spiro atoms. The molecule has 6 heteroatoms. The average molecular weight is 486 g/mol. The van der Waals surface area contributed by atoms with Gasteiger partial charge in [-0.2, -0.15) is 12.6 Å². The van der Waals surface area contributed by atoms with Crippen LogP contribution in [0, 0.1) is 5.92 Å². The molecule has 0 aliphatic heterocycles. The van der Waals surface area contributed by atoms with E-state index in [1.54, 1.807) is 0 Å². The molecule has 1 heterocycles. The number of thiol groups is 1. The third kappa shape index (κ3) is 10.8. The number of aromatic nitrogens is 1. The van der Waals surface area contributed by atoms with Crippen LogP contribution >= 0.6 is 12.6 Å². The van der Waals surface area contributed by atoms with Crippen molar-refractivity contribution in [1.82, 2.24) is 10.3 Å². The topological polar surface area (TPSA) is 74.0 Å². The Morgan fingerprint density at radius 1 is 1.00 bits per heavy atom. The summed E-state index contributed by atoms with van der Waals surface area (Å²) in [5.41, 5.74) is 0.980. The molecule has 0 bridgehead atoms. The maximum atomic E-state index is 12.8. The normalized spacial score (nSPS) is 13.2. The van der Waals surface area contributed by atoms with Crippen molar-refractivity contribution in [1.29, 1.82) is 0 Å². The highest BCUT2D eigenvalue weighted by molar-refractivity contribution is 7.81. The summed E-state index contributed by atoms with van der Waals surface area (Å²) in [6, 6.07) is 9.82. The quantitative estimate of drug-likeness (QED) is 0.0747. The molecule has 2 rings (SSSR count). The highest BCUT2D eigenvalue weighted by atomic mass is 32.1. The summed E-state index contributed by atoms with van der Waals surface area (Å²) in [5.74, 6) is 0.506. The van der Waals surface area contributed by atoms with Gasteiger partial charge in [0.25, 0.3) is 0 Å². The lowest BCUT2D eigenvalue weighted by atomic mass is 9.96. The predicted octanol–water partition coefficient (Wildman–Crippen LogP) is 7.02. The molecule has 1 aromatic carbocycles. The fourth-order valence-corrected chi connectivity index (χ4v) is 4.58. The minimum atomic E-state index is -0.490. The molecule has 0 saturated heterocycles. The van der Waals surface area contributed by atoms with E-state index >= 15 is 0 Å². The van der Waals surface area contributed by atoms with E-state index in [9.17, 15) is 9.59 Å².